The molecule has 0 saturated heterocycles. The molecule has 1 amide bonds. The summed E-state index contributed by atoms with van der Waals surface area (Å²) in [6, 6.07) is 13.2. The zero-order valence-electron chi connectivity index (χ0n) is 12.5. The second-order valence-corrected chi connectivity index (χ2v) is 4.74. The second-order valence-electron chi connectivity index (χ2n) is 4.74. The smallest absolute Gasteiger partial charge is 0.255 e. The van der Waals surface area contributed by atoms with Crippen molar-refractivity contribution in [1.82, 2.24) is 5.32 Å². The molecule has 0 bridgehead atoms. The lowest BCUT2D eigenvalue weighted by Crippen LogP contribution is -2.23. The molecule has 4 nitrogen and oxygen atoms in total. The lowest BCUT2D eigenvalue weighted by atomic mass is 10.1. The lowest BCUT2D eigenvalue weighted by molar-refractivity contribution is 0.0948. The van der Waals surface area contributed by atoms with Gasteiger partial charge >= 0.3 is 0 Å². The fraction of sp³-hybridized carbons (Fsp3) is 0.235. The number of carbonyl (C=O) groups is 1. The molecule has 0 spiro atoms. The Bertz CT molecular complexity index is 638. The average molecular weight is 285 g/mol. The van der Waals surface area contributed by atoms with E-state index >= 15 is 0 Å². The van der Waals surface area contributed by atoms with Gasteiger partial charge < -0.3 is 14.8 Å². The van der Waals surface area contributed by atoms with E-state index in [1.807, 2.05) is 31.2 Å². The van der Waals surface area contributed by atoms with Gasteiger partial charge in [0.15, 0.2) is 0 Å². The van der Waals surface area contributed by atoms with Gasteiger partial charge in [-0.1, -0.05) is 29.8 Å². The number of hydrogen-bond donors (Lipinski definition) is 1. The van der Waals surface area contributed by atoms with Crippen molar-refractivity contribution in [2.24, 2.45) is 0 Å². The van der Waals surface area contributed by atoms with Crippen LogP contribution in [0.5, 0.6) is 11.5 Å². The van der Waals surface area contributed by atoms with Crippen LogP contribution in [0.3, 0.4) is 0 Å². The van der Waals surface area contributed by atoms with E-state index in [2.05, 4.69) is 5.32 Å². The Morgan fingerprint density at radius 3 is 2.57 bits per heavy atom. The van der Waals surface area contributed by atoms with Gasteiger partial charge in [-0.15, -0.1) is 0 Å². The number of nitrogens with one attached hydrogen (secondary N) is 1. The van der Waals surface area contributed by atoms with Crippen molar-refractivity contribution in [3.05, 3.63) is 59.2 Å². The molecule has 0 fully saturated rings. The monoisotopic (exact) mass is 285 g/mol. The summed E-state index contributed by atoms with van der Waals surface area (Å²) in [5.41, 5.74) is 2.73. The Kier molecular flexibility index (Phi) is 4.82. The SMILES string of the molecule is COc1ccc(C(=O)NCc2cccc(C)c2)c(OC)c1. The molecule has 4 heteroatoms. The molecule has 2 rings (SSSR count). The van der Waals surface area contributed by atoms with E-state index in [0.717, 1.165) is 5.56 Å². The standard InChI is InChI=1S/C17H19NO3/c1-12-5-4-6-13(9-12)11-18-17(19)15-8-7-14(20-2)10-16(15)21-3/h4-10H,11H2,1-3H3,(H,18,19). The number of hydrogen-bond acceptors (Lipinski definition) is 3. The summed E-state index contributed by atoms with van der Waals surface area (Å²) < 4.78 is 10.4. The molecule has 0 aliphatic heterocycles. The third-order valence-corrected chi connectivity index (χ3v) is 3.19. The van der Waals surface area contributed by atoms with E-state index in [1.165, 1.54) is 12.7 Å². The van der Waals surface area contributed by atoms with Crippen LogP contribution < -0.4 is 14.8 Å². The van der Waals surface area contributed by atoms with Crippen LogP contribution in [0, 0.1) is 6.92 Å². The molecule has 110 valence electrons. The summed E-state index contributed by atoms with van der Waals surface area (Å²) in [6.07, 6.45) is 0. The molecule has 0 unspecified atom stereocenters. The summed E-state index contributed by atoms with van der Waals surface area (Å²) in [7, 11) is 3.11. The first kappa shape index (κ1) is 14.9. The number of methoxy groups -OCH3 is 2. The predicted molar refractivity (Wildman–Crippen MR) is 81.9 cm³/mol. The van der Waals surface area contributed by atoms with Gasteiger partial charge in [-0.3, -0.25) is 4.79 Å². The minimum atomic E-state index is -0.170. The fourth-order valence-electron chi connectivity index (χ4n) is 2.09. The van der Waals surface area contributed by atoms with E-state index in [-0.39, 0.29) is 5.91 Å². The van der Waals surface area contributed by atoms with Crippen LogP contribution in [0.25, 0.3) is 0 Å². The normalized spacial score (nSPS) is 10.0. The van der Waals surface area contributed by atoms with E-state index in [0.29, 0.717) is 23.6 Å². The van der Waals surface area contributed by atoms with Crippen molar-refractivity contribution in [3.63, 3.8) is 0 Å². The van der Waals surface area contributed by atoms with Crippen LogP contribution in [0.1, 0.15) is 21.5 Å². The number of carbonyl (C=O) groups excluding carboxylic acids is 1. The molecule has 0 radical (unpaired) electrons. The van der Waals surface area contributed by atoms with Crippen LogP contribution in [0.15, 0.2) is 42.5 Å². The van der Waals surface area contributed by atoms with Crippen molar-refractivity contribution in [3.8, 4) is 11.5 Å². The van der Waals surface area contributed by atoms with Gasteiger partial charge in [0.1, 0.15) is 11.5 Å². The maximum absolute atomic E-state index is 12.3. The number of benzene rings is 2. The highest BCUT2D eigenvalue weighted by atomic mass is 16.5. The maximum Gasteiger partial charge on any atom is 0.255 e. The van der Waals surface area contributed by atoms with Gasteiger partial charge in [0, 0.05) is 12.6 Å². The predicted octanol–water partition coefficient (Wildman–Crippen LogP) is 2.94. The molecule has 0 saturated carbocycles. The Labute approximate surface area is 124 Å². The van der Waals surface area contributed by atoms with Crippen molar-refractivity contribution >= 4 is 5.91 Å². The van der Waals surface area contributed by atoms with E-state index < -0.39 is 0 Å². The van der Waals surface area contributed by atoms with Crippen molar-refractivity contribution in [1.29, 1.82) is 0 Å². The fourth-order valence-corrected chi connectivity index (χ4v) is 2.09. The molecule has 0 aliphatic rings. The van der Waals surface area contributed by atoms with Crippen molar-refractivity contribution in [2.75, 3.05) is 14.2 Å². The van der Waals surface area contributed by atoms with Crippen LogP contribution in [0.2, 0.25) is 0 Å². The molecular formula is C17H19NO3. The molecule has 2 aromatic carbocycles. The molecule has 21 heavy (non-hydrogen) atoms. The summed E-state index contributed by atoms with van der Waals surface area (Å²) in [5, 5.41) is 2.89. The summed E-state index contributed by atoms with van der Waals surface area (Å²) in [5.74, 6) is 0.981. The van der Waals surface area contributed by atoms with Gasteiger partial charge in [0.25, 0.3) is 5.91 Å². The number of amides is 1. The summed E-state index contributed by atoms with van der Waals surface area (Å²) in [4.78, 5) is 12.3. The van der Waals surface area contributed by atoms with Gasteiger partial charge in [-0.05, 0) is 24.6 Å². The first-order valence-electron chi connectivity index (χ1n) is 6.70. The number of aryl methyl sites for hydroxylation is 1. The largest absolute Gasteiger partial charge is 0.497 e. The third-order valence-electron chi connectivity index (χ3n) is 3.19. The quantitative estimate of drug-likeness (QED) is 0.918. The Morgan fingerprint density at radius 2 is 1.90 bits per heavy atom. The van der Waals surface area contributed by atoms with Gasteiger partial charge in [0.2, 0.25) is 0 Å². The van der Waals surface area contributed by atoms with E-state index in [4.69, 9.17) is 9.47 Å². The molecule has 0 aliphatic carbocycles. The zero-order chi connectivity index (χ0) is 15.2. The molecular weight excluding hydrogens is 266 g/mol. The number of ether oxygens (including phenoxy) is 2. The van der Waals surface area contributed by atoms with Crippen LogP contribution in [0.4, 0.5) is 0 Å². The second kappa shape index (κ2) is 6.79. The van der Waals surface area contributed by atoms with Crippen LogP contribution in [-0.4, -0.2) is 20.1 Å². The zero-order valence-corrected chi connectivity index (χ0v) is 12.5. The highest BCUT2D eigenvalue weighted by Crippen LogP contribution is 2.24. The van der Waals surface area contributed by atoms with Crippen molar-refractivity contribution in [2.45, 2.75) is 13.5 Å². The minimum Gasteiger partial charge on any atom is -0.497 e. The topological polar surface area (TPSA) is 47.6 Å². The molecule has 1 N–H and O–H groups in total. The van der Waals surface area contributed by atoms with Gasteiger partial charge in [-0.25, -0.2) is 0 Å². The third kappa shape index (κ3) is 3.75. The molecule has 0 aromatic heterocycles. The van der Waals surface area contributed by atoms with E-state index in [1.54, 1.807) is 25.3 Å². The molecule has 0 atom stereocenters. The molecule has 2 aromatic rings. The highest BCUT2D eigenvalue weighted by Gasteiger charge is 2.12. The highest BCUT2D eigenvalue weighted by molar-refractivity contribution is 5.97. The Hall–Kier alpha value is -2.49. The summed E-state index contributed by atoms with van der Waals surface area (Å²) in [6.45, 7) is 2.51. The lowest BCUT2D eigenvalue weighted by Gasteiger charge is -2.11. The Balaban J connectivity index is 2.10. The van der Waals surface area contributed by atoms with Crippen LogP contribution in [-0.2, 0) is 6.54 Å². The van der Waals surface area contributed by atoms with Gasteiger partial charge in [0.05, 0.1) is 19.8 Å². The average Bonchev–Trinajstić information content (AvgIpc) is 2.52. The van der Waals surface area contributed by atoms with Gasteiger partial charge in [-0.2, -0.15) is 0 Å². The minimum absolute atomic E-state index is 0.170. The van der Waals surface area contributed by atoms with E-state index in [9.17, 15) is 4.79 Å². The maximum atomic E-state index is 12.3. The van der Waals surface area contributed by atoms with Crippen molar-refractivity contribution < 1.29 is 14.3 Å². The first-order valence-corrected chi connectivity index (χ1v) is 6.70. The Morgan fingerprint density at radius 1 is 1.10 bits per heavy atom. The number of rotatable bonds is 5. The molecule has 0 heterocycles. The summed E-state index contributed by atoms with van der Waals surface area (Å²) >= 11 is 0. The first-order chi connectivity index (χ1) is 10.1. The van der Waals surface area contributed by atoms with Crippen LogP contribution >= 0.6 is 0 Å².